The number of amides is 1. The second-order valence-electron chi connectivity index (χ2n) is 6.14. The summed E-state index contributed by atoms with van der Waals surface area (Å²) in [5.41, 5.74) is 0.488. The van der Waals surface area contributed by atoms with Crippen molar-refractivity contribution in [2.75, 3.05) is 29.6 Å². The molecule has 1 aromatic carbocycles. The number of carbonyl (C=O) groups is 1. The number of rotatable bonds is 4. The molecule has 0 unspecified atom stereocenters. The van der Waals surface area contributed by atoms with Gasteiger partial charge in [0.25, 0.3) is 5.91 Å². The highest BCUT2D eigenvalue weighted by molar-refractivity contribution is 7.98. The van der Waals surface area contributed by atoms with Crippen molar-refractivity contribution in [3.05, 3.63) is 39.2 Å². The van der Waals surface area contributed by atoms with Gasteiger partial charge in [-0.2, -0.15) is 0 Å². The SMILES string of the molecule is CSc1nc(N2CCCC2)c2cc(C(=O)Nc3cc(Cl)ccc3Cl)sc2n1. The Morgan fingerprint density at radius 1 is 1.22 bits per heavy atom. The third kappa shape index (κ3) is 3.87. The standard InChI is InChI=1S/C18H16Cl2N4OS2/c1-26-18-22-15(24-6-2-3-7-24)11-9-14(27-17(11)23-18)16(25)21-13-8-10(19)4-5-12(13)20/h4-5,8-9H,2-3,6-7H2,1H3,(H,21,25). The van der Waals surface area contributed by atoms with Crippen molar-refractivity contribution in [1.82, 2.24) is 9.97 Å². The predicted octanol–water partition coefficient (Wildman–Crippen LogP) is 5.57. The summed E-state index contributed by atoms with van der Waals surface area (Å²) in [5, 5.41) is 5.42. The van der Waals surface area contributed by atoms with Crippen LogP contribution in [0.1, 0.15) is 22.5 Å². The zero-order chi connectivity index (χ0) is 19.0. The van der Waals surface area contributed by atoms with Gasteiger partial charge in [0.15, 0.2) is 5.16 Å². The molecule has 3 heterocycles. The Hall–Kier alpha value is -1.54. The number of thioether (sulfide) groups is 1. The highest BCUT2D eigenvalue weighted by atomic mass is 35.5. The molecule has 1 fully saturated rings. The van der Waals surface area contributed by atoms with Gasteiger partial charge in [0, 0.05) is 18.1 Å². The summed E-state index contributed by atoms with van der Waals surface area (Å²) in [6, 6.07) is 6.84. The summed E-state index contributed by atoms with van der Waals surface area (Å²) in [7, 11) is 0. The minimum atomic E-state index is -0.236. The zero-order valence-corrected chi connectivity index (χ0v) is 17.6. The lowest BCUT2D eigenvalue weighted by atomic mass is 10.3. The maximum atomic E-state index is 12.8. The first kappa shape index (κ1) is 18.8. The molecule has 0 bridgehead atoms. The Morgan fingerprint density at radius 2 is 2.00 bits per heavy atom. The van der Waals surface area contributed by atoms with E-state index in [4.69, 9.17) is 28.2 Å². The highest BCUT2D eigenvalue weighted by Crippen LogP contribution is 2.35. The zero-order valence-electron chi connectivity index (χ0n) is 14.5. The van der Waals surface area contributed by atoms with Crippen molar-refractivity contribution in [2.24, 2.45) is 0 Å². The molecule has 1 amide bonds. The first-order valence-electron chi connectivity index (χ1n) is 8.42. The number of aromatic nitrogens is 2. The number of hydrogen-bond acceptors (Lipinski definition) is 6. The largest absolute Gasteiger partial charge is 0.356 e. The molecule has 3 aromatic rings. The van der Waals surface area contributed by atoms with Crippen molar-refractivity contribution >= 4 is 73.9 Å². The third-order valence-corrected chi connectivity index (χ3v) is 6.48. The maximum absolute atomic E-state index is 12.8. The number of nitrogens with zero attached hydrogens (tertiary/aromatic N) is 3. The van der Waals surface area contributed by atoms with Crippen LogP contribution in [0, 0.1) is 0 Å². The van der Waals surface area contributed by atoms with E-state index in [0.29, 0.717) is 20.6 Å². The van der Waals surface area contributed by atoms with Crippen molar-refractivity contribution in [1.29, 1.82) is 0 Å². The summed E-state index contributed by atoms with van der Waals surface area (Å²) in [4.78, 5) is 25.7. The maximum Gasteiger partial charge on any atom is 0.265 e. The number of nitrogens with one attached hydrogen (secondary N) is 1. The van der Waals surface area contributed by atoms with Gasteiger partial charge >= 0.3 is 0 Å². The van der Waals surface area contributed by atoms with Gasteiger partial charge in [0.2, 0.25) is 0 Å². The minimum absolute atomic E-state index is 0.236. The molecular formula is C18H16Cl2N4OS2. The second kappa shape index (κ2) is 7.83. The van der Waals surface area contributed by atoms with Crippen molar-refractivity contribution < 1.29 is 4.79 Å². The number of anilines is 2. The number of carbonyl (C=O) groups excluding carboxylic acids is 1. The lowest BCUT2D eigenvalue weighted by Gasteiger charge is -2.17. The summed E-state index contributed by atoms with van der Waals surface area (Å²) in [5.74, 6) is 0.679. The van der Waals surface area contributed by atoms with Crippen LogP contribution in [0.2, 0.25) is 10.0 Å². The molecule has 4 rings (SSSR count). The van der Waals surface area contributed by atoms with Crippen LogP contribution < -0.4 is 10.2 Å². The Kier molecular flexibility index (Phi) is 5.45. The number of hydrogen-bond donors (Lipinski definition) is 1. The van der Waals surface area contributed by atoms with E-state index in [0.717, 1.165) is 47.1 Å². The van der Waals surface area contributed by atoms with Crippen LogP contribution in [0.15, 0.2) is 29.4 Å². The summed E-state index contributed by atoms with van der Waals surface area (Å²) in [6.07, 6.45) is 4.27. The minimum Gasteiger partial charge on any atom is -0.356 e. The molecule has 5 nitrogen and oxygen atoms in total. The highest BCUT2D eigenvalue weighted by Gasteiger charge is 2.21. The van der Waals surface area contributed by atoms with E-state index in [9.17, 15) is 4.79 Å². The quantitative estimate of drug-likeness (QED) is 0.425. The Morgan fingerprint density at radius 3 is 2.74 bits per heavy atom. The van der Waals surface area contributed by atoms with Crippen LogP contribution in [-0.4, -0.2) is 35.2 Å². The second-order valence-corrected chi connectivity index (χ2v) is 8.78. The van der Waals surface area contributed by atoms with Gasteiger partial charge in [-0.1, -0.05) is 35.0 Å². The fraction of sp³-hybridized carbons (Fsp3) is 0.278. The molecule has 1 saturated heterocycles. The fourth-order valence-electron chi connectivity index (χ4n) is 3.04. The summed E-state index contributed by atoms with van der Waals surface area (Å²) >= 11 is 15.0. The average molecular weight is 439 g/mol. The third-order valence-electron chi connectivity index (χ3n) is 4.34. The molecule has 0 spiro atoms. The topological polar surface area (TPSA) is 58.1 Å². The van der Waals surface area contributed by atoms with E-state index in [1.165, 1.54) is 23.1 Å². The van der Waals surface area contributed by atoms with Crippen LogP contribution in [0.25, 0.3) is 10.2 Å². The molecule has 2 aromatic heterocycles. The van der Waals surface area contributed by atoms with Gasteiger partial charge in [0.05, 0.1) is 21.0 Å². The van der Waals surface area contributed by atoms with E-state index >= 15 is 0 Å². The molecule has 9 heteroatoms. The summed E-state index contributed by atoms with van der Waals surface area (Å²) < 4.78 is 0. The molecular weight excluding hydrogens is 423 g/mol. The summed E-state index contributed by atoms with van der Waals surface area (Å²) in [6.45, 7) is 1.96. The van der Waals surface area contributed by atoms with E-state index in [-0.39, 0.29) is 5.91 Å². The monoisotopic (exact) mass is 438 g/mol. The molecule has 1 N–H and O–H groups in total. The molecule has 0 atom stereocenters. The van der Waals surface area contributed by atoms with Crippen LogP contribution >= 0.6 is 46.3 Å². The predicted molar refractivity (Wildman–Crippen MR) is 115 cm³/mol. The molecule has 0 aliphatic carbocycles. The average Bonchev–Trinajstić information content (AvgIpc) is 3.33. The smallest absolute Gasteiger partial charge is 0.265 e. The molecule has 0 radical (unpaired) electrons. The van der Waals surface area contributed by atoms with Gasteiger partial charge in [-0.15, -0.1) is 11.3 Å². The Balaban J connectivity index is 1.71. The van der Waals surface area contributed by atoms with E-state index in [1.54, 1.807) is 18.2 Å². The molecule has 0 saturated carbocycles. The van der Waals surface area contributed by atoms with Gasteiger partial charge in [-0.25, -0.2) is 9.97 Å². The van der Waals surface area contributed by atoms with E-state index in [2.05, 4.69) is 15.2 Å². The van der Waals surface area contributed by atoms with Crippen LogP contribution in [0.4, 0.5) is 11.5 Å². The van der Waals surface area contributed by atoms with Gasteiger partial charge in [0.1, 0.15) is 10.6 Å². The number of fused-ring (bicyclic) bond motifs is 1. The van der Waals surface area contributed by atoms with Crippen LogP contribution in [0.5, 0.6) is 0 Å². The molecule has 1 aliphatic heterocycles. The lowest BCUT2D eigenvalue weighted by molar-refractivity contribution is 0.103. The molecule has 1 aliphatic rings. The fourth-order valence-corrected chi connectivity index (χ4v) is 4.71. The van der Waals surface area contributed by atoms with Crippen molar-refractivity contribution in [3.63, 3.8) is 0 Å². The van der Waals surface area contributed by atoms with Crippen LogP contribution in [-0.2, 0) is 0 Å². The number of thiophene rings is 1. The molecule has 140 valence electrons. The van der Waals surface area contributed by atoms with Crippen LogP contribution in [0.3, 0.4) is 0 Å². The van der Waals surface area contributed by atoms with Gasteiger partial charge in [-0.3, -0.25) is 4.79 Å². The number of benzene rings is 1. The normalized spacial score (nSPS) is 14.1. The van der Waals surface area contributed by atoms with Gasteiger partial charge in [-0.05, 0) is 43.4 Å². The van der Waals surface area contributed by atoms with Gasteiger partial charge < -0.3 is 10.2 Å². The first-order valence-corrected chi connectivity index (χ1v) is 11.2. The molecule has 27 heavy (non-hydrogen) atoms. The van der Waals surface area contributed by atoms with E-state index < -0.39 is 0 Å². The Labute approximate surface area is 175 Å². The first-order chi connectivity index (χ1) is 13.0. The Bertz CT molecular complexity index is 1020. The van der Waals surface area contributed by atoms with Crippen molar-refractivity contribution in [3.8, 4) is 0 Å². The lowest BCUT2D eigenvalue weighted by Crippen LogP contribution is -2.19. The van der Waals surface area contributed by atoms with E-state index in [1.807, 2.05) is 12.3 Å². The van der Waals surface area contributed by atoms with Crippen molar-refractivity contribution in [2.45, 2.75) is 18.0 Å². The number of halogens is 2.